The molecule has 0 bridgehead atoms. The van der Waals surface area contributed by atoms with Gasteiger partial charge in [-0.3, -0.25) is 14.9 Å². The molecular weight excluding hydrogens is 484 g/mol. The molecule has 5 aromatic rings. The second kappa shape index (κ2) is 9.91. The van der Waals surface area contributed by atoms with E-state index >= 15 is 0 Å². The maximum Gasteiger partial charge on any atom is 0.273 e. The normalized spacial score (nSPS) is 14.6. The van der Waals surface area contributed by atoms with E-state index in [1.807, 2.05) is 95.9 Å². The Kier molecular flexibility index (Phi) is 6.16. The molecule has 0 radical (unpaired) electrons. The summed E-state index contributed by atoms with van der Waals surface area (Å²) in [4.78, 5) is 19.7. The van der Waals surface area contributed by atoms with Crippen LogP contribution in [0.15, 0.2) is 103 Å². The molecule has 0 aliphatic carbocycles. The number of nitrogens with one attached hydrogen (secondary N) is 1. The van der Waals surface area contributed by atoms with Crippen LogP contribution in [0.5, 0.6) is 5.75 Å². The van der Waals surface area contributed by atoms with Crippen LogP contribution in [-0.4, -0.2) is 26.0 Å². The molecule has 37 heavy (non-hydrogen) atoms. The summed E-state index contributed by atoms with van der Waals surface area (Å²) in [6.45, 7) is 0.874. The number of carbonyl (C=O) groups excluding carboxylic acids is 1. The van der Waals surface area contributed by atoms with E-state index in [1.165, 1.54) is 0 Å². The molecule has 1 N–H and O–H groups in total. The van der Waals surface area contributed by atoms with Crippen LogP contribution >= 0.6 is 11.6 Å². The number of amides is 1. The third-order valence-electron chi connectivity index (χ3n) is 6.50. The van der Waals surface area contributed by atoms with Crippen LogP contribution in [0, 0.1) is 0 Å². The lowest BCUT2D eigenvalue weighted by Gasteiger charge is -2.26. The van der Waals surface area contributed by atoms with E-state index in [2.05, 4.69) is 15.2 Å². The zero-order valence-corrected chi connectivity index (χ0v) is 20.6. The summed E-state index contributed by atoms with van der Waals surface area (Å²) in [5.41, 5.74) is 6.13. The number of aromatic nitrogens is 3. The van der Waals surface area contributed by atoms with Crippen molar-refractivity contribution in [1.29, 1.82) is 0 Å². The number of ether oxygens (including phenoxy) is 1. The summed E-state index contributed by atoms with van der Waals surface area (Å²) in [6, 6.07) is 29.0. The first-order valence-electron chi connectivity index (χ1n) is 12.0. The molecule has 6 rings (SSSR count). The van der Waals surface area contributed by atoms with Gasteiger partial charge in [0.25, 0.3) is 5.91 Å². The molecule has 2 aromatic heterocycles. The van der Waals surface area contributed by atoms with E-state index in [9.17, 15) is 4.79 Å². The van der Waals surface area contributed by atoms with Gasteiger partial charge >= 0.3 is 0 Å². The summed E-state index contributed by atoms with van der Waals surface area (Å²) in [7, 11) is 0. The highest BCUT2D eigenvalue weighted by molar-refractivity contribution is 6.30. The highest BCUT2D eigenvalue weighted by Gasteiger charge is 2.42. The van der Waals surface area contributed by atoms with Crippen molar-refractivity contribution in [3.63, 3.8) is 0 Å². The van der Waals surface area contributed by atoms with Gasteiger partial charge in [-0.2, -0.15) is 5.10 Å². The van der Waals surface area contributed by atoms with Crippen molar-refractivity contribution in [2.75, 3.05) is 0 Å². The Hall–Kier alpha value is -4.42. The first kappa shape index (κ1) is 23.0. The number of pyridine rings is 1. The third kappa shape index (κ3) is 4.59. The molecule has 1 atom stereocenters. The van der Waals surface area contributed by atoms with Crippen molar-refractivity contribution in [3.05, 3.63) is 136 Å². The summed E-state index contributed by atoms with van der Waals surface area (Å²) in [5, 5.41) is 8.25. The van der Waals surface area contributed by atoms with Crippen LogP contribution < -0.4 is 4.74 Å². The number of H-pyrrole nitrogens is 1. The number of aromatic amines is 1. The van der Waals surface area contributed by atoms with Crippen LogP contribution in [0.2, 0.25) is 5.02 Å². The number of benzene rings is 3. The van der Waals surface area contributed by atoms with Crippen molar-refractivity contribution >= 4 is 17.5 Å². The zero-order valence-electron chi connectivity index (χ0n) is 19.8. The number of rotatable bonds is 7. The molecule has 0 saturated heterocycles. The minimum Gasteiger partial charge on any atom is -0.489 e. The van der Waals surface area contributed by atoms with Crippen molar-refractivity contribution in [3.8, 4) is 17.0 Å². The highest BCUT2D eigenvalue weighted by Crippen LogP contribution is 2.43. The van der Waals surface area contributed by atoms with Gasteiger partial charge in [0.1, 0.15) is 18.1 Å². The molecule has 6 nitrogen and oxygen atoms in total. The average Bonchev–Trinajstić information content (AvgIpc) is 3.49. The van der Waals surface area contributed by atoms with Gasteiger partial charge < -0.3 is 9.64 Å². The van der Waals surface area contributed by atoms with E-state index in [1.54, 1.807) is 12.4 Å². The molecule has 182 valence electrons. The fraction of sp³-hybridized carbons (Fsp3) is 0.100. The quantitative estimate of drug-likeness (QED) is 0.275. The second-order valence-corrected chi connectivity index (χ2v) is 9.34. The molecule has 1 amide bonds. The summed E-state index contributed by atoms with van der Waals surface area (Å²) in [5.74, 6) is 0.666. The van der Waals surface area contributed by atoms with Crippen LogP contribution in [0.25, 0.3) is 11.3 Å². The van der Waals surface area contributed by atoms with E-state index in [4.69, 9.17) is 16.3 Å². The molecular formula is C30H23ClN4O2. The van der Waals surface area contributed by atoms with Crippen molar-refractivity contribution in [2.45, 2.75) is 19.2 Å². The molecule has 0 fully saturated rings. The van der Waals surface area contributed by atoms with E-state index in [0.717, 1.165) is 39.3 Å². The minimum atomic E-state index is -0.304. The van der Waals surface area contributed by atoms with Gasteiger partial charge in [0.2, 0.25) is 0 Å². The summed E-state index contributed by atoms with van der Waals surface area (Å²) in [6.07, 6.45) is 3.52. The van der Waals surface area contributed by atoms with Crippen LogP contribution in [0.4, 0.5) is 0 Å². The Balaban J connectivity index is 1.33. The number of hydrogen-bond acceptors (Lipinski definition) is 4. The van der Waals surface area contributed by atoms with Gasteiger partial charge in [0.05, 0.1) is 11.7 Å². The van der Waals surface area contributed by atoms with Gasteiger partial charge in [-0.15, -0.1) is 0 Å². The highest BCUT2D eigenvalue weighted by atomic mass is 35.5. The Morgan fingerprint density at radius 1 is 0.892 bits per heavy atom. The van der Waals surface area contributed by atoms with Gasteiger partial charge in [-0.25, -0.2) is 0 Å². The average molecular weight is 507 g/mol. The zero-order chi connectivity index (χ0) is 25.2. The maximum absolute atomic E-state index is 13.6. The standard InChI is InChI=1S/C30H23ClN4O2/c31-24-12-8-20(9-13-24)19-37-25-14-10-23(11-15-25)29-26-27(22-6-2-1-3-7-22)33-34-28(26)30(36)35(29)18-21-5-4-16-32-17-21/h1-17,29H,18-19H2,(H,33,34). The largest absolute Gasteiger partial charge is 0.489 e. The maximum atomic E-state index is 13.6. The lowest BCUT2D eigenvalue weighted by atomic mass is 9.96. The summed E-state index contributed by atoms with van der Waals surface area (Å²) >= 11 is 5.98. The molecule has 1 aliphatic heterocycles. The van der Waals surface area contributed by atoms with E-state index < -0.39 is 0 Å². The minimum absolute atomic E-state index is 0.0819. The van der Waals surface area contributed by atoms with Gasteiger partial charge in [-0.05, 0) is 47.0 Å². The van der Waals surface area contributed by atoms with Gasteiger partial charge in [0.15, 0.2) is 0 Å². The molecule has 7 heteroatoms. The van der Waals surface area contributed by atoms with Crippen molar-refractivity contribution in [2.24, 2.45) is 0 Å². The predicted molar refractivity (Wildman–Crippen MR) is 142 cm³/mol. The summed E-state index contributed by atoms with van der Waals surface area (Å²) < 4.78 is 5.99. The smallest absolute Gasteiger partial charge is 0.273 e. The van der Waals surface area contributed by atoms with E-state index in [-0.39, 0.29) is 11.9 Å². The number of nitrogens with zero attached hydrogens (tertiary/aromatic N) is 3. The van der Waals surface area contributed by atoms with E-state index in [0.29, 0.717) is 23.9 Å². The Morgan fingerprint density at radius 2 is 1.68 bits per heavy atom. The fourth-order valence-electron chi connectivity index (χ4n) is 4.70. The van der Waals surface area contributed by atoms with Crippen LogP contribution in [0.3, 0.4) is 0 Å². The number of halogens is 1. The fourth-order valence-corrected chi connectivity index (χ4v) is 4.83. The monoisotopic (exact) mass is 506 g/mol. The topological polar surface area (TPSA) is 71.1 Å². The number of carbonyl (C=O) groups is 1. The first-order valence-corrected chi connectivity index (χ1v) is 12.4. The SMILES string of the molecule is O=C1c2[nH]nc(-c3ccccc3)c2C(c2ccc(OCc3ccc(Cl)cc3)cc2)N1Cc1cccnc1. The predicted octanol–water partition coefficient (Wildman–Crippen LogP) is 6.45. The van der Waals surface area contributed by atoms with Crippen LogP contribution in [-0.2, 0) is 13.2 Å². The molecule has 0 saturated carbocycles. The number of hydrogen-bond donors (Lipinski definition) is 1. The van der Waals surface area contributed by atoms with Crippen molar-refractivity contribution < 1.29 is 9.53 Å². The molecule has 1 unspecified atom stereocenters. The molecule has 1 aliphatic rings. The first-order chi connectivity index (χ1) is 18.2. The van der Waals surface area contributed by atoms with Gasteiger partial charge in [-0.1, -0.05) is 72.3 Å². The van der Waals surface area contributed by atoms with Crippen molar-refractivity contribution in [1.82, 2.24) is 20.1 Å². The Bertz CT molecular complexity index is 1520. The Morgan fingerprint density at radius 3 is 2.41 bits per heavy atom. The van der Waals surface area contributed by atoms with Crippen LogP contribution in [0.1, 0.15) is 38.8 Å². The second-order valence-electron chi connectivity index (χ2n) is 8.91. The number of fused-ring (bicyclic) bond motifs is 1. The molecule has 0 spiro atoms. The lowest BCUT2D eigenvalue weighted by Crippen LogP contribution is -2.29. The third-order valence-corrected chi connectivity index (χ3v) is 6.75. The molecule has 3 heterocycles. The Labute approximate surface area is 219 Å². The lowest BCUT2D eigenvalue weighted by molar-refractivity contribution is 0.0730. The molecule has 3 aromatic carbocycles. The van der Waals surface area contributed by atoms with Gasteiger partial charge in [0, 0.05) is 35.1 Å².